The first-order valence-corrected chi connectivity index (χ1v) is 8.27. The van der Waals surface area contributed by atoms with Crippen molar-refractivity contribution in [3.8, 4) is 5.00 Å². The quantitative estimate of drug-likeness (QED) is 0.911. The smallest absolute Gasteiger partial charge is 0.254 e. The predicted octanol–water partition coefficient (Wildman–Crippen LogP) is 2.16. The Bertz CT molecular complexity index is 697. The summed E-state index contributed by atoms with van der Waals surface area (Å²) in [5, 5.41) is 8.45. The van der Waals surface area contributed by atoms with Crippen molar-refractivity contribution in [3.05, 3.63) is 40.5 Å². The number of hydrogen-bond donors (Lipinski definition) is 2. The number of carbonyl (C=O) groups excluding carboxylic acids is 2. The first-order chi connectivity index (χ1) is 10.6. The van der Waals surface area contributed by atoms with Crippen molar-refractivity contribution in [3.63, 3.8) is 0 Å². The summed E-state index contributed by atoms with van der Waals surface area (Å²) in [6.07, 6.45) is 1.58. The van der Waals surface area contributed by atoms with Gasteiger partial charge in [-0.1, -0.05) is 0 Å². The highest BCUT2D eigenvalue weighted by Crippen LogP contribution is 2.26. The second-order valence-electron chi connectivity index (χ2n) is 5.55. The molecule has 1 unspecified atom stereocenters. The molecule has 0 bridgehead atoms. The summed E-state index contributed by atoms with van der Waals surface area (Å²) in [7, 11) is 0. The van der Waals surface area contributed by atoms with E-state index in [1.807, 2.05) is 37.4 Å². The molecule has 3 rings (SSSR count). The predicted molar refractivity (Wildman–Crippen MR) is 86.6 cm³/mol. The van der Waals surface area contributed by atoms with Gasteiger partial charge in [0.05, 0.1) is 5.56 Å². The molecule has 1 atom stereocenters. The molecule has 1 saturated heterocycles. The van der Waals surface area contributed by atoms with Crippen LogP contribution in [-0.4, -0.2) is 29.0 Å². The summed E-state index contributed by atoms with van der Waals surface area (Å²) in [5.41, 5.74) is 2.79. The minimum absolute atomic E-state index is 0.0929. The molecule has 22 heavy (non-hydrogen) atoms. The Morgan fingerprint density at radius 2 is 2.05 bits per heavy atom. The lowest BCUT2D eigenvalue weighted by atomic mass is 10.1. The monoisotopic (exact) mass is 317 g/mol. The fourth-order valence-electron chi connectivity index (χ4n) is 2.78. The number of amides is 2. The SMILES string of the molecule is Cc1ccc(C)n1-c1sccc1C(=O)NC1CCCNC1=O. The summed E-state index contributed by atoms with van der Waals surface area (Å²) >= 11 is 1.53. The minimum Gasteiger partial charge on any atom is -0.354 e. The number of piperidine rings is 1. The third-order valence-corrected chi connectivity index (χ3v) is 4.85. The number of hydrogen-bond acceptors (Lipinski definition) is 3. The first-order valence-electron chi connectivity index (χ1n) is 7.39. The molecule has 3 heterocycles. The van der Waals surface area contributed by atoms with Crippen molar-refractivity contribution in [2.24, 2.45) is 0 Å². The zero-order valence-corrected chi connectivity index (χ0v) is 13.5. The lowest BCUT2D eigenvalue weighted by Gasteiger charge is -2.23. The number of carbonyl (C=O) groups is 2. The number of nitrogens with zero attached hydrogens (tertiary/aromatic N) is 1. The van der Waals surface area contributed by atoms with Gasteiger partial charge in [0.25, 0.3) is 5.91 Å². The number of thiophene rings is 1. The average molecular weight is 317 g/mol. The van der Waals surface area contributed by atoms with E-state index in [0.29, 0.717) is 18.5 Å². The van der Waals surface area contributed by atoms with E-state index in [-0.39, 0.29) is 11.8 Å². The number of rotatable bonds is 3. The fraction of sp³-hybridized carbons (Fsp3) is 0.375. The number of aromatic nitrogens is 1. The van der Waals surface area contributed by atoms with Crippen molar-refractivity contribution < 1.29 is 9.59 Å². The largest absolute Gasteiger partial charge is 0.354 e. The number of nitrogens with one attached hydrogen (secondary N) is 2. The maximum absolute atomic E-state index is 12.6. The van der Waals surface area contributed by atoms with E-state index in [2.05, 4.69) is 15.2 Å². The molecule has 1 fully saturated rings. The van der Waals surface area contributed by atoms with Crippen LogP contribution in [-0.2, 0) is 4.79 Å². The van der Waals surface area contributed by atoms with E-state index in [4.69, 9.17) is 0 Å². The third-order valence-electron chi connectivity index (χ3n) is 3.95. The topological polar surface area (TPSA) is 63.1 Å². The zero-order valence-electron chi connectivity index (χ0n) is 12.7. The van der Waals surface area contributed by atoms with E-state index in [0.717, 1.165) is 22.8 Å². The van der Waals surface area contributed by atoms with Crippen molar-refractivity contribution in [2.75, 3.05) is 6.54 Å². The second-order valence-corrected chi connectivity index (χ2v) is 6.44. The van der Waals surface area contributed by atoms with E-state index in [1.165, 1.54) is 11.3 Å². The van der Waals surface area contributed by atoms with Gasteiger partial charge in [0, 0.05) is 17.9 Å². The Kier molecular flexibility index (Phi) is 4.02. The van der Waals surface area contributed by atoms with E-state index in [1.54, 1.807) is 0 Å². The summed E-state index contributed by atoms with van der Waals surface area (Å²) in [6, 6.07) is 5.45. The molecule has 2 aromatic rings. The maximum Gasteiger partial charge on any atom is 0.254 e. The van der Waals surface area contributed by atoms with Crippen LogP contribution in [0.3, 0.4) is 0 Å². The highest BCUT2D eigenvalue weighted by Gasteiger charge is 2.25. The molecule has 2 amide bonds. The Morgan fingerprint density at radius 1 is 1.32 bits per heavy atom. The molecule has 0 saturated carbocycles. The Labute approximate surface area is 133 Å². The van der Waals surface area contributed by atoms with Crippen LogP contribution in [0.15, 0.2) is 23.6 Å². The highest BCUT2D eigenvalue weighted by atomic mass is 32.1. The van der Waals surface area contributed by atoms with Crippen LogP contribution in [0, 0.1) is 13.8 Å². The molecule has 1 aliphatic rings. The van der Waals surface area contributed by atoms with Gasteiger partial charge in [-0.15, -0.1) is 11.3 Å². The van der Waals surface area contributed by atoms with Gasteiger partial charge in [-0.2, -0.15) is 0 Å². The molecule has 2 N–H and O–H groups in total. The molecule has 116 valence electrons. The van der Waals surface area contributed by atoms with Gasteiger partial charge < -0.3 is 15.2 Å². The third kappa shape index (κ3) is 2.66. The van der Waals surface area contributed by atoms with Crippen LogP contribution < -0.4 is 10.6 Å². The Balaban J connectivity index is 1.85. The van der Waals surface area contributed by atoms with Crippen molar-refractivity contribution >= 4 is 23.2 Å². The average Bonchev–Trinajstić information content (AvgIpc) is 3.08. The van der Waals surface area contributed by atoms with E-state index in [9.17, 15) is 9.59 Å². The second kappa shape index (κ2) is 5.96. The number of aryl methyl sites for hydroxylation is 2. The Hall–Kier alpha value is -2.08. The maximum atomic E-state index is 12.6. The molecule has 0 aliphatic carbocycles. The Morgan fingerprint density at radius 3 is 2.73 bits per heavy atom. The van der Waals surface area contributed by atoms with E-state index >= 15 is 0 Å². The lowest BCUT2D eigenvalue weighted by molar-refractivity contribution is -0.124. The zero-order chi connectivity index (χ0) is 15.7. The summed E-state index contributed by atoms with van der Waals surface area (Å²) in [5.74, 6) is -0.282. The van der Waals surface area contributed by atoms with Gasteiger partial charge in [0.1, 0.15) is 11.0 Å². The van der Waals surface area contributed by atoms with Gasteiger partial charge in [-0.25, -0.2) is 0 Å². The molecule has 5 nitrogen and oxygen atoms in total. The molecule has 1 aliphatic heterocycles. The van der Waals surface area contributed by atoms with Gasteiger partial charge in [0.15, 0.2) is 0 Å². The van der Waals surface area contributed by atoms with Crippen LogP contribution >= 0.6 is 11.3 Å². The van der Waals surface area contributed by atoms with Gasteiger partial charge in [-0.3, -0.25) is 9.59 Å². The van der Waals surface area contributed by atoms with Crippen molar-refractivity contribution in [2.45, 2.75) is 32.7 Å². The summed E-state index contributed by atoms with van der Waals surface area (Å²) < 4.78 is 2.07. The van der Waals surface area contributed by atoms with Gasteiger partial charge >= 0.3 is 0 Å². The molecule has 0 aromatic carbocycles. The molecular weight excluding hydrogens is 298 g/mol. The van der Waals surface area contributed by atoms with Crippen molar-refractivity contribution in [1.82, 2.24) is 15.2 Å². The van der Waals surface area contributed by atoms with Crippen LogP contribution in [0.1, 0.15) is 34.6 Å². The molecule has 6 heteroatoms. The first kappa shape index (κ1) is 14.8. The van der Waals surface area contributed by atoms with Crippen LogP contribution in [0.4, 0.5) is 0 Å². The molecular formula is C16H19N3O2S. The fourth-order valence-corrected chi connectivity index (χ4v) is 3.80. The van der Waals surface area contributed by atoms with Crippen molar-refractivity contribution in [1.29, 1.82) is 0 Å². The lowest BCUT2D eigenvalue weighted by Crippen LogP contribution is -2.50. The van der Waals surface area contributed by atoms with E-state index < -0.39 is 6.04 Å². The minimum atomic E-state index is -0.430. The molecule has 0 radical (unpaired) electrons. The van der Waals surface area contributed by atoms with Gasteiger partial charge in [0.2, 0.25) is 5.91 Å². The van der Waals surface area contributed by atoms with Crippen LogP contribution in [0.25, 0.3) is 5.00 Å². The van der Waals surface area contributed by atoms with Gasteiger partial charge in [-0.05, 0) is 50.3 Å². The van der Waals surface area contributed by atoms with Crippen LogP contribution in [0.5, 0.6) is 0 Å². The molecule has 0 spiro atoms. The highest BCUT2D eigenvalue weighted by molar-refractivity contribution is 7.13. The summed E-state index contributed by atoms with van der Waals surface area (Å²) in [4.78, 5) is 24.4. The normalized spacial score (nSPS) is 18.1. The molecule has 2 aromatic heterocycles. The van der Waals surface area contributed by atoms with Crippen LogP contribution in [0.2, 0.25) is 0 Å². The standard InChI is InChI=1S/C16H19N3O2S/c1-10-5-6-11(2)19(10)16-12(7-9-22-16)14(20)18-13-4-3-8-17-15(13)21/h5-7,9,13H,3-4,8H2,1-2H3,(H,17,21)(H,18,20). The summed E-state index contributed by atoms with van der Waals surface area (Å²) in [6.45, 7) is 4.72.